The fourth-order valence-corrected chi connectivity index (χ4v) is 4.70. The predicted molar refractivity (Wildman–Crippen MR) is 90.1 cm³/mol. The van der Waals surface area contributed by atoms with Crippen molar-refractivity contribution in [2.24, 2.45) is 0 Å². The van der Waals surface area contributed by atoms with Gasteiger partial charge in [0.1, 0.15) is 0 Å². The van der Waals surface area contributed by atoms with Crippen molar-refractivity contribution in [1.82, 2.24) is 14.4 Å². The van der Waals surface area contributed by atoms with Crippen molar-refractivity contribution in [3.63, 3.8) is 0 Å². The number of benzene rings is 1. The second-order valence-electron chi connectivity index (χ2n) is 6.92. The van der Waals surface area contributed by atoms with E-state index in [1.165, 1.54) is 4.31 Å². The van der Waals surface area contributed by atoms with Gasteiger partial charge in [-0.15, -0.1) is 0 Å². The van der Waals surface area contributed by atoms with Gasteiger partial charge in [0.2, 0.25) is 10.0 Å². The molecule has 1 aromatic heterocycles. The predicted octanol–water partition coefficient (Wildman–Crippen LogP) is 1.24. The molecule has 0 bridgehead atoms. The number of hydrogen-bond acceptors (Lipinski definition) is 7. The van der Waals surface area contributed by atoms with Gasteiger partial charge < -0.3 is 9.63 Å². The second kappa shape index (κ2) is 6.16. The van der Waals surface area contributed by atoms with Crippen LogP contribution in [0.25, 0.3) is 0 Å². The van der Waals surface area contributed by atoms with Crippen molar-refractivity contribution in [1.29, 1.82) is 5.26 Å². The van der Waals surface area contributed by atoms with Crippen molar-refractivity contribution in [2.75, 3.05) is 13.1 Å². The van der Waals surface area contributed by atoms with Crippen LogP contribution in [0, 0.1) is 11.3 Å². The van der Waals surface area contributed by atoms with E-state index >= 15 is 0 Å². The highest BCUT2D eigenvalue weighted by Crippen LogP contribution is 2.40. The smallest absolute Gasteiger partial charge is 0.260 e. The van der Waals surface area contributed by atoms with Gasteiger partial charge in [-0.05, 0) is 30.5 Å². The Bertz CT molecular complexity index is 977. The Balaban J connectivity index is 1.50. The Morgan fingerprint density at radius 3 is 2.96 bits per heavy atom. The quantitative estimate of drug-likeness (QED) is 0.836. The van der Waals surface area contributed by atoms with E-state index in [9.17, 15) is 13.5 Å². The average Bonchev–Trinajstić information content (AvgIpc) is 3.18. The molecule has 1 saturated carbocycles. The van der Waals surface area contributed by atoms with E-state index in [1.807, 2.05) is 6.07 Å². The van der Waals surface area contributed by atoms with Crippen LogP contribution in [-0.2, 0) is 21.4 Å². The number of aliphatic hydroxyl groups is 1. The van der Waals surface area contributed by atoms with Gasteiger partial charge >= 0.3 is 0 Å². The molecule has 8 nitrogen and oxygen atoms in total. The molecule has 2 heterocycles. The van der Waals surface area contributed by atoms with E-state index in [2.05, 4.69) is 10.1 Å². The molecule has 136 valence electrons. The number of sulfonamides is 1. The van der Waals surface area contributed by atoms with Gasteiger partial charge in [0.15, 0.2) is 11.4 Å². The SMILES string of the molecule is N#Cc1cccc(CS(=O)(=O)N2CCC(O)(c3nc(C4CC4)no3)C2)c1. The molecule has 1 saturated heterocycles. The Morgan fingerprint density at radius 1 is 1.42 bits per heavy atom. The zero-order valence-electron chi connectivity index (χ0n) is 14.0. The van der Waals surface area contributed by atoms with Crippen molar-refractivity contribution >= 4 is 10.0 Å². The summed E-state index contributed by atoms with van der Waals surface area (Å²) >= 11 is 0. The van der Waals surface area contributed by atoms with Crippen LogP contribution < -0.4 is 0 Å². The maximum absolute atomic E-state index is 12.7. The minimum absolute atomic E-state index is 0.0866. The summed E-state index contributed by atoms with van der Waals surface area (Å²) in [6.07, 6.45) is 2.23. The normalized spacial score (nSPS) is 23.8. The first kappa shape index (κ1) is 17.1. The molecule has 0 amide bonds. The third-order valence-electron chi connectivity index (χ3n) is 4.79. The van der Waals surface area contributed by atoms with Crippen molar-refractivity contribution in [3.8, 4) is 6.07 Å². The van der Waals surface area contributed by atoms with E-state index in [1.54, 1.807) is 24.3 Å². The van der Waals surface area contributed by atoms with Gasteiger partial charge in [-0.2, -0.15) is 14.6 Å². The lowest BCUT2D eigenvalue weighted by Crippen LogP contribution is -2.35. The van der Waals surface area contributed by atoms with Crippen LogP contribution >= 0.6 is 0 Å². The lowest BCUT2D eigenvalue weighted by atomic mass is 10.0. The fraction of sp³-hybridized carbons (Fsp3) is 0.471. The summed E-state index contributed by atoms with van der Waals surface area (Å²) in [7, 11) is -3.64. The molecule has 0 spiro atoms. The van der Waals surface area contributed by atoms with E-state index in [0.29, 0.717) is 22.9 Å². The van der Waals surface area contributed by atoms with Crippen molar-refractivity contribution in [3.05, 3.63) is 47.1 Å². The molecule has 26 heavy (non-hydrogen) atoms. The maximum Gasteiger partial charge on any atom is 0.260 e. The number of β-amino-alcohol motifs (C(OH)–C–C–N with tert-alkyl or cyclic N) is 1. The minimum atomic E-state index is -3.64. The van der Waals surface area contributed by atoms with Gasteiger partial charge in [-0.25, -0.2) is 8.42 Å². The van der Waals surface area contributed by atoms with Gasteiger partial charge in [0.05, 0.1) is 23.9 Å². The summed E-state index contributed by atoms with van der Waals surface area (Å²) in [5.74, 6) is 0.742. The molecular weight excluding hydrogens is 356 g/mol. The topological polar surface area (TPSA) is 120 Å². The first-order valence-electron chi connectivity index (χ1n) is 8.43. The Morgan fingerprint density at radius 2 is 2.23 bits per heavy atom. The van der Waals surface area contributed by atoms with Crippen LogP contribution in [0.5, 0.6) is 0 Å². The zero-order chi connectivity index (χ0) is 18.4. The molecule has 1 N–H and O–H groups in total. The highest BCUT2D eigenvalue weighted by Gasteiger charge is 2.47. The number of aromatic nitrogens is 2. The third kappa shape index (κ3) is 3.23. The monoisotopic (exact) mass is 374 g/mol. The van der Waals surface area contributed by atoms with Gasteiger partial charge in [0.25, 0.3) is 5.89 Å². The first-order chi connectivity index (χ1) is 12.4. The zero-order valence-corrected chi connectivity index (χ0v) is 14.8. The molecule has 0 radical (unpaired) electrons. The molecule has 9 heteroatoms. The molecule has 1 aliphatic heterocycles. The third-order valence-corrected chi connectivity index (χ3v) is 6.59. The van der Waals surface area contributed by atoms with Crippen LogP contribution in [0.15, 0.2) is 28.8 Å². The molecule has 1 atom stereocenters. The number of nitriles is 1. The second-order valence-corrected chi connectivity index (χ2v) is 8.88. The summed E-state index contributed by atoms with van der Waals surface area (Å²) in [6, 6.07) is 8.50. The Labute approximate surface area is 151 Å². The van der Waals surface area contributed by atoms with E-state index in [-0.39, 0.29) is 31.2 Å². The Kier molecular flexibility index (Phi) is 4.06. The largest absolute Gasteiger partial charge is 0.379 e. The maximum atomic E-state index is 12.7. The van der Waals surface area contributed by atoms with E-state index in [4.69, 9.17) is 9.78 Å². The molecular formula is C17H18N4O4S. The number of nitrogens with zero attached hydrogens (tertiary/aromatic N) is 4. The van der Waals surface area contributed by atoms with Gasteiger partial charge in [-0.3, -0.25) is 0 Å². The number of hydrogen-bond donors (Lipinski definition) is 1. The van der Waals surface area contributed by atoms with Gasteiger partial charge in [0, 0.05) is 18.9 Å². The highest BCUT2D eigenvalue weighted by molar-refractivity contribution is 7.88. The molecule has 1 aliphatic carbocycles. The van der Waals surface area contributed by atoms with Crippen LogP contribution in [0.4, 0.5) is 0 Å². The number of rotatable bonds is 5. The summed E-state index contributed by atoms with van der Waals surface area (Å²) in [4.78, 5) is 4.26. The molecule has 1 aromatic carbocycles. The van der Waals surface area contributed by atoms with Crippen LogP contribution in [0.2, 0.25) is 0 Å². The molecule has 2 aliphatic rings. The molecule has 2 aromatic rings. The van der Waals surface area contributed by atoms with E-state index < -0.39 is 15.6 Å². The van der Waals surface area contributed by atoms with Crippen molar-refractivity contribution in [2.45, 2.75) is 36.5 Å². The summed E-state index contributed by atoms with van der Waals surface area (Å²) in [6.45, 7) is 0.0670. The fourth-order valence-electron chi connectivity index (χ4n) is 3.14. The summed E-state index contributed by atoms with van der Waals surface area (Å²) in [5, 5.41) is 23.7. The molecule has 2 fully saturated rings. The van der Waals surface area contributed by atoms with E-state index in [0.717, 1.165) is 12.8 Å². The first-order valence-corrected chi connectivity index (χ1v) is 10.0. The Hall–Kier alpha value is -2.28. The van der Waals surface area contributed by atoms with Crippen LogP contribution in [0.3, 0.4) is 0 Å². The van der Waals surface area contributed by atoms with Crippen LogP contribution in [-0.4, -0.2) is 41.1 Å². The lowest BCUT2D eigenvalue weighted by Gasteiger charge is -2.19. The highest BCUT2D eigenvalue weighted by atomic mass is 32.2. The summed E-state index contributed by atoms with van der Waals surface area (Å²) < 4.78 is 31.9. The minimum Gasteiger partial charge on any atom is -0.379 e. The molecule has 1 unspecified atom stereocenters. The average molecular weight is 374 g/mol. The van der Waals surface area contributed by atoms with Crippen molar-refractivity contribution < 1.29 is 18.0 Å². The molecule has 4 rings (SSSR count). The summed E-state index contributed by atoms with van der Waals surface area (Å²) in [5.41, 5.74) is -0.510. The standard InChI is InChI=1S/C17H18N4O4S/c18-9-12-2-1-3-13(8-12)10-26(23,24)21-7-6-17(22,11-21)16-19-15(20-25-16)14-4-5-14/h1-3,8,14,22H,4-7,10-11H2. The van der Waals surface area contributed by atoms with Gasteiger partial charge in [-0.1, -0.05) is 17.3 Å². The lowest BCUT2D eigenvalue weighted by molar-refractivity contribution is 0.0194. The van der Waals surface area contributed by atoms with Crippen LogP contribution in [0.1, 0.15) is 48.0 Å².